The van der Waals surface area contributed by atoms with Crippen molar-refractivity contribution in [1.29, 1.82) is 0 Å². The van der Waals surface area contributed by atoms with Gasteiger partial charge in [0.15, 0.2) is 0 Å². The van der Waals surface area contributed by atoms with Crippen LogP contribution in [0.25, 0.3) is 11.1 Å². The summed E-state index contributed by atoms with van der Waals surface area (Å²) < 4.78 is 0. The molecule has 19 heavy (non-hydrogen) atoms. The van der Waals surface area contributed by atoms with Crippen LogP contribution in [0.1, 0.15) is 17.5 Å². The van der Waals surface area contributed by atoms with Gasteiger partial charge < -0.3 is 0 Å². The second-order valence-electron chi connectivity index (χ2n) is 4.40. The van der Waals surface area contributed by atoms with Crippen molar-refractivity contribution in [2.75, 3.05) is 0 Å². The molecule has 0 saturated carbocycles. The van der Waals surface area contributed by atoms with Crippen molar-refractivity contribution in [3.8, 4) is 11.1 Å². The Morgan fingerprint density at radius 3 is 2.53 bits per heavy atom. The minimum absolute atomic E-state index is 0. The Morgan fingerprint density at radius 1 is 0.947 bits per heavy atom. The minimum atomic E-state index is 0. The third kappa shape index (κ3) is 3.22. The molecule has 0 heterocycles. The zero-order chi connectivity index (χ0) is 12.2. The zero-order valence-electron chi connectivity index (χ0n) is 10.7. The first-order valence-corrected chi connectivity index (χ1v) is 6.25. The van der Waals surface area contributed by atoms with Gasteiger partial charge in [0.25, 0.3) is 0 Å². The third-order valence-electron chi connectivity index (χ3n) is 3.20. The number of rotatable bonds is 0. The van der Waals surface area contributed by atoms with Crippen LogP contribution in [0.5, 0.6) is 0 Å². The number of hydrogen-bond acceptors (Lipinski definition) is 0. The second-order valence-corrected chi connectivity index (χ2v) is 4.40. The Kier molecular flexibility index (Phi) is 5.10. The number of allylic oxidation sites excluding steroid dienone is 4. The molecule has 1 heteroatoms. The van der Waals surface area contributed by atoms with E-state index >= 15 is 0 Å². The first-order chi connectivity index (χ1) is 8.95. The molecule has 0 amide bonds. The van der Waals surface area contributed by atoms with Crippen molar-refractivity contribution in [3.63, 3.8) is 0 Å². The van der Waals surface area contributed by atoms with Crippen LogP contribution in [-0.2, 0) is 32.6 Å². The van der Waals surface area contributed by atoms with Gasteiger partial charge in [-0.2, -0.15) is 35.9 Å². The van der Waals surface area contributed by atoms with Crippen molar-refractivity contribution in [2.24, 2.45) is 0 Å². The SMILES string of the molecule is [C-]1=CC=CC1.[Zr+2].[c-]1cccc2c1Cc1ccccc1-2. The first kappa shape index (κ1) is 14.2. The maximum atomic E-state index is 3.30. The molecule has 0 aliphatic heterocycles. The van der Waals surface area contributed by atoms with Crippen molar-refractivity contribution in [3.05, 3.63) is 84.0 Å². The molecule has 0 nitrogen and oxygen atoms in total. The molecule has 2 aromatic rings. The van der Waals surface area contributed by atoms with Gasteiger partial charge in [-0.1, -0.05) is 35.4 Å². The van der Waals surface area contributed by atoms with Crippen LogP contribution < -0.4 is 0 Å². The Bertz CT molecular complexity index is 555. The van der Waals surface area contributed by atoms with Crippen molar-refractivity contribution < 1.29 is 26.2 Å². The van der Waals surface area contributed by atoms with Gasteiger partial charge in [0, 0.05) is 0 Å². The fourth-order valence-electron chi connectivity index (χ4n) is 2.34. The van der Waals surface area contributed by atoms with E-state index in [1.54, 1.807) is 0 Å². The van der Waals surface area contributed by atoms with Crippen LogP contribution in [0.2, 0.25) is 0 Å². The van der Waals surface area contributed by atoms with Gasteiger partial charge in [0.2, 0.25) is 0 Å². The average molecular weight is 322 g/mol. The van der Waals surface area contributed by atoms with Gasteiger partial charge >= 0.3 is 26.2 Å². The summed E-state index contributed by atoms with van der Waals surface area (Å²) in [7, 11) is 0. The van der Waals surface area contributed by atoms with Crippen LogP contribution in [0, 0.1) is 12.1 Å². The van der Waals surface area contributed by atoms with E-state index in [1.807, 2.05) is 18.2 Å². The molecule has 90 valence electrons. The Hall–Kier alpha value is -1.20. The summed E-state index contributed by atoms with van der Waals surface area (Å²) in [4.78, 5) is 0. The summed E-state index contributed by atoms with van der Waals surface area (Å²) in [5, 5.41) is 0. The number of benzene rings is 2. The van der Waals surface area contributed by atoms with Gasteiger partial charge in [-0.15, -0.1) is 12.0 Å². The van der Waals surface area contributed by atoms with Crippen LogP contribution >= 0.6 is 0 Å². The molecule has 0 radical (unpaired) electrons. The van der Waals surface area contributed by atoms with Crippen LogP contribution in [0.4, 0.5) is 0 Å². The largest absolute Gasteiger partial charge is 2.00 e. The van der Waals surface area contributed by atoms with E-state index in [1.165, 1.54) is 22.3 Å². The minimum Gasteiger partial charge on any atom is -0.273 e. The van der Waals surface area contributed by atoms with Crippen molar-refractivity contribution in [1.82, 2.24) is 0 Å². The molecule has 0 unspecified atom stereocenters. The third-order valence-corrected chi connectivity index (χ3v) is 3.20. The standard InChI is InChI=1S/C13H9.C5H5.Zr/c1-3-7-12-10(5-1)9-11-6-2-4-8-13(11)12;1-2-4-5-3-1;/h1-5,7-8H,9H2;1-3H,4H2;/q2*-1;+2. The first-order valence-electron chi connectivity index (χ1n) is 6.25. The zero-order valence-corrected chi connectivity index (χ0v) is 13.1. The molecular weight excluding hydrogens is 307 g/mol. The summed E-state index contributed by atoms with van der Waals surface area (Å²) in [6.07, 6.45) is 11.0. The van der Waals surface area contributed by atoms with E-state index in [4.69, 9.17) is 0 Å². The van der Waals surface area contributed by atoms with Crippen molar-refractivity contribution in [2.45, 2.75) is 12.8 Å². The van der Waals surface area contributed by atoms with Crippen LogP contribution in [0.15, 0.2) is 60.7 Å². The molecule has 2 aromatic carbocycles. The van der Waals surface area contributed by atoms with Crippen LogP contribution in [-0.4, -0.2) is 0 Å². The van der Waals surface area contributed by atoms with Gasteiger partial charge in [-0.25, -0.2) is 12.2 Å². The molecule has 0 spiro atoms. The molecule has 0 saturated heterocycles. The van der Waals surface area contributed by atoms with Gasteiger partial charge in [0.1, 0.15) is 0 Å². The van der Waals surface area contributed by atoms with Gasteiger partial charge in [-0.05, 0) is 6.42 Å². The predicted molar refractivity (Wildman–Crippen MR) is 75.1 cm³/mol. The molecule has 0 bridgehead atoms. The fraction of sp³-hybridized carbons (Fsp3) is 0.111. The normalized spacial score (nSPS) is 13.1. The van der Waals surface area contributed by atoms with E-state index in [-0.39, 0.29) is 26.2 Å². The molecule has 2 aliphatic carbocycles. The molecule has 0 N–H and O–H groups in total. The molecule has 4 rings (SSSR count). The van der Waals surface area contributed by atoms with E-state index < -0.39 is 0 Å². The summed E-state index contributed by atoms with van der Waals surface area (Å²) in [5.74, 6) is 0. The maximum absolute atomic E-state index is 3.30. The quantitative estimate of drug-likeness (QED) is 0.540. The molecule has 0 fully saturated rings. The summed E-state index contributed by atoms with van der Waals surface area (Å²) in [5.41, 5.74) is 5.51. The average Bonchev–Trinajstić information content (AvgIpc) is 3.10. The Labute approximate surface area is 134 Å². The molecular formula is C18H14Zr. The number of hydrogen-bond donors (Lipinski definition) is 0. The molecule has 0 atom stereocenters. The van der Waals surface area contributed by atoms with Crippen molar-refractivity contribution >= 4 is 0 Å². The summed E-state index contributed by atoms with van der Waals surface area (Å²) in [6, 6.07) is 18.1. The molecule has 0 aromatic heterocycles. The van der Waals surface area contributed by atoms with E-state index in [0.29, 0.717) is 0 Å². The van der Waals surface area contributed by atoms with E-state index in [9.17, 15) is 0 Å². The monoisotopic (exact) mass is 320 g/mol. The Morgan fingerprint density at radius 2 is 1.79 bits per heavy atom. The van der Waals surface area contributed by atoms with Gasteiger partial charge in [0.05, 0.1) is 0 Å². The topological polar surface area (TPSA) is 0 Å². The van der Waals surface area contributed by atoms with E-state index in [0.717, 1.165) is 12.8 Å². The Balaban J connectivity index is 0.000000190. The van der Waals surface area contributed by atoms with E-state index in [2.05, 4.69) is 54.6 Å². The summed E-state index contributed by atoms with van der Waals surface area (Å²) in [6.45, 7) is 0. The molecule has 2 aliphatic rings. The maximum Gasteiger partial charge on any atom is 2.00 e. The fourth-order valence-corrected chi connectivity index (χ4v) is 2.34. The second kappa shape index (κ2) is 6.82. The summed E-state index contributed by atoms with van der Waals surface area (Å²) >= 11 is 0. The number of fused-ring (bicyclic) bond motifs is 3. The van der Waals surface area contributed by atoms with Crippen LogP contribution in [0.3, 0.4) is 0 Å². The smallest absolute Gasteiger partial charge is 0.273 e. The van der Waals surface area contributed by atoms with Gasteiger partial charge in [-0.3, -0.25) is 6.08 Å². The predicted octanol–water partition coefficient (Wildman–Crippen LogP) is 4.36.